The van der Waals surface area contributed by atoms with E-state index in [1.165, 1.54) is 0 Å². The van der Waals surface area contributed by atoms with Gasteiger partial charge in [-0.1, -0.05) is 18.2 Å². The number of carboxylic acids is 1. The van der Waals surface area contributed by atoms with E-state index >= 15 is 0 Å². The number of aryl methyl sites for hydroxylation is 1. The number of carboxylic acid groups (broad SMARTS) is 1. The summed E-state index contributed by atoms with van der Waals surface area (Å²) in [5, 5.41) is 17.2. The summed E-state index contributed by atoms with van der Waals surface area (Å²) in [6.07, 6.45) is 1.89. The molecular formula is C14H11N3O2. The number of fused-ring (bicyclic) bond motifs is 1. The summed E-state index contributed by atoms with van der Waals surface area (Å²) in [4.78, 5) is 10.8. The highest BCUT2D eigenvalue weighted by atomic mass is 16.4. The second-order valence-electron chi connectivity index (χ2n) is 4.29. The number of hydrogen-bond acceptors (Lipinski definition) is 3. The maximum Gasteiger partial charge on any atom is 0.335 e. The summed E-state index contributed by atoms with van der Waals surface area (Å²) in [5.74, 6) is -0.232. The lowest BCUT2D eigenvalue weighted by Gasteiger charge is -2.01. The number of pyridine rings is 1. The monoisotopic (exact) mass is 253 g/mol. The Hall–Kier alpha value is -2.69. The topological polar surface area (TPSA) is 67.5 Å². The second-order valence-corrected chi connectivity index (χ2v) is 4.29. The number of rotatable bonds is 2. The molecule has 3 rings (SSSR count). The van der Waals surface area contributed by atoms with Gasteiger partial charge in [-0.2, -0.15) is 0 Å². The van der Waals surface area contributed by atoms with Crippen LogP contribution in [0.5, 0.6) is 0 Å². The zero-order valence-electron chi connectivity index (χ0n) is 10.2. The van der Waals surface area contributed by atoms with Crippen LogP contribution < -0.4 is 0 Å². The Morgan fingerprint density at radius 1 is 1.16 bits per heavy atom. The molecule has 0 unspecified atom stereocenters. The molecule has 0 aliphatic heterocycles. The molecule has 2 aromatic heterocycles. The van der Waals surface area contributed by atoms with Crippen molar-refractivity contribution >= 4 is 11.6 Å². The molecule has 19 heavy (non-hydrogen) atoms. The summed E-state index contributed by atoms with van der Waals surface area (Å²) in [5.41, 5.74) is 2.94. The smallest absolute Gasteiger partial charge is 0.335 e. The van der Waals surface area contributed by atoms with Crippen molar-refractivity contribution in [3.8, 4) is 11.4 Å². The van der Waals surface area contributed by atoms with Crippen LogP contribution in [-0.2, 0) is 0 Å². The lowest BCUT2D eigenvalue weighted by Crippen LogP contribution is -1.96. The molecular weight excluding hydrogens is 242 g/mol. The van der Waals surface area contributed by atoms with Gasteiger partial charge in [-0.05, 0) is 30.7 Å². The molecule has 0 atom stereocenters. The first-order valence-corrected chi connectivity index (χ1v) is 5.81. The van der Waals surface area contributed by atoms with Crippen LogP contribution in [-0.4, -0.2) is 25.7 Å². The van der Waals surface area contributed by atoms with Crippen LogP contribution >= 0.6 is 0 Å². The van der Waals surface area contributed by atoms with Crippen LogP contribution in [0.2, 0.25) is 0 Å². The fourth-order valence-corrected chi connectivity index (χ4v) is 2.01. The van der Waals surface area contributed by atoms with E-state index in [1.807, 2.05) is 29.7 Å². The number of hydrogen-bond donors (Lipinski definition) is 1. The Morgan fingerprint density at radius 3 is 2.58 bits per heavy atom. The third-order valence-corrected chi connectivity index (χ3v) is 3.02. The first-order valence-electron chi connectivity index (χ1n) is 5.81. The number of carbonyl (C=O) groups is 1. The van der Waals surface area contributed by atoms with E-state index in [9.17, 15) is 4.79 Å². The van der Waals surface area contributed by atoms with Gasteiger partial charge in [0.05, 0.1) is 5.56 Å². The Morgan fingerprint density at radius 2 is 1.89 bits per heavy atom. The summed E-state index contributed by atoms with van der Waals surface area (Å²) < 4.78 is 1.89. The summed E-state index contributed by atoms with van der Waals surface area (Å²) in [6, 6.07) is 10.5. The predicted octanol–water partition coefficient (Wildman–Crippen LogP) is 2.40. The fourth-order valence-electron chi connectivity index (χ4n) is 2.01. The molecule has 0 amide bonds. The zero-order valence-corrected chi connectivity index (χ0v) is 10.2. The average molecular weight is 253 g/mol. The van der Waals surface area contributed by atoms with Crippen molar-refractivity contribution in [3.63, 3.8) is 0 Å². The van der Waals surface area contributed by atoms with Gasteiger partial charge in [-0.25, -0.2) is 4.79 Å². The zero-order chi connectivity index (χ0) is 13.4. The first-order chi connectivity index (χ1) is 9.16. The van der Waals surface area contributed by atoms with Crippen molar-refractivity contribution in [1.82, 2.24) is 14.6 Å². The maximum atomic E-state index is 10.8. The van der Waals surface area contributed by atoms with Gasteiger partial charge in [0, 0.05) is 11.8 Å². The molecule has 0 aliphatic rings. The molecule has 3 aromatic rings. The van der Waals surface area contributed by atoms with Crippen LogP contribution in [0, 0.1) is 6.92 Å². The van der Waals surface area contributed by atoms with E-state index in [0.717, 1.165) is 16.8 Å². The minimum Gasteiger partial charge on any atom is -0.478 e. The van der Waals surface area contributed by atoms with Crippen molar-refractivity contribution in [2.75, 3.05) is 0 Å². The lowest BCUT2D eigenvalue weighted by molar-refractivity contribution is 0.0697. The second kappa shape index (κ2) is 4.20. The molecule has 94 valence electrons. The van der Waals surface area contributed by atoms with Gasteiger partial charge >= 0.3 is 5.97 Å². The van der Waals surface area contributed by atoms with Crippen molar-refractivity contribution < 1.29 is 9.90 Å². The molecule has 0 spiro atoms. The Kier molecular flexibility index (Phi) is 2.52. The fraction of sp³-hybridized carbons (Fsp3) is 0.0714. The van der Waals surface area contributed by atoms with Gasteiger partial charge in [0.15, 0.2) is 11.5 Å². The predicted molar refractivity (Wildman–Crippen MR) is 70.1 cm³/mol. The molecule has 0 radical (unpaired) electrons. The molecule has 5 nitrogen and oxygen atoms in total. The molecule has 0 saturated heterocycles. The van der Waals surface area contributed by atoms with Crippen molar-refractivity contribution in [2.24, 2.45) is 0 Å². The van der Waals surface area contributed by atoms with E-state index in [-0.39, 0.29) is 5.56 Å². The van der Waals surface area contributed by atoms with Gasteiger partial charge in [0.1, 0.15) is 0 Å². The molecule has 1 N–H and O–H groups in total. The minimum atomic E-state index is -0.937. The van der Waals surface area contributed by atoms with Crippen LogP contribution in [0.25, 0.3) is 17.0 Å². The highest BCUT2D eigenvalue weighted by molar-refractivity contribution is 5.88. The van der Waals surface area contributed by atoms with Crippen LogP contribution in [0.1, 0.15) is 15.9 Å². The third kappa shape index (κ3) is 1.85. The van der Waals surface area contributed by atoms with Gasteiger partial charge in [-0.3, -0.25) is 4.40 Å². The molecule has 0 aliphatic carbocycles. The van der Waals surface area contributed by atoms with E-state index in [4.69, 9.17) is 5.11 Å². The third-order valence-electron chi connectivity index (χ3n) is 3.02. The molecule has 0 saturated carbocycles. The molecule has 5 heteroatoms. The van der Waals surface area contributed by atoms with Gasteiger partial charge < -0.3 is 5.11 Å². The van der Waals surface area contributed by atoms with E-state index in [1.54, 1.807) is 24.3 Å². The Balaban J connectivity index is 2.14. The number of aromatic nitrogens is 3. The van der Waals surface area contributed by atoms with Crippen LogP contribution in [0.4, 0.5) is 0 Å². The Bertz CT molecular complexity index is 760. The highest BCUT2D eigenvalue weighted by Crippen LogP contribution is 2.20. The highest BCUT2D eigenvalue weighted by Gasteiger charge is 2.10. The number of aromatic carboxylic acids is 1. The van der Waals surface area contributed by atoms with E-state index < -0.39 is 5.97 Å². The normalized spacial score (nSPS) is 10.8. The van der Waals surface area contributed by atoms with Crippen molar-refractivity contribution in [3.05, 3.63) is 53.7 Å². The van der Waals surface area contributed by atoms with Crippen LogP contribution in [0.3, 0.4) is 0 Å². The van der Waals surface area contributed by atoms with E-state index in [0.29, 0.717) is 5.82 Å². The minimum absolute atomic E-state index is 0.258. The van der Waals surface area contributed by atoms with E-state index in [2.05, 4.69) is 10.2 Å². The standard InChI is InChI=1S/C14H11N3O2/c1-9-3-2-8-17-12(9)15-16-13(17)10-4-6-11(7-5-10)14(18)19/h2-8H,1H3,(H,18,19). The Labute approximate surface area is 109 Å². The number of nitrogens with zero attached hydrogens (tertiary/aromatic N) is 3. The van der Waals surface area contributed by atoms with Gasteiger partial charge in [0.2, 0.25) is 0 Å². The molecule has 1 aromatic carbocycles. The SMILES string of the molecule is Cc1cccn2c(-c3ccc(C(=O)O)cc3)nnc12. The van der Waals surface area contributed by atoms with Crippen molar-refractivity contribution in [1.29, 1.82) is 0 Å². The molecule has 2 heterocycles. The van der Waals surface area contributed by atoms with Crippen molar-refractivity contribution in [2.45, 2.75) is 6.92 Å². The molecule has 0 bridgehead atoms. The number of benzene rings is 1. The summed E-state index contributed by atoms with van der Waals surface area (Å²) >= 11 is 0. The van der Waals surface area contributed by atoms with Crippen LogP contribution in [0.15, 0.2) is 42.6 Å². The summed E-state index contributed by atoms with van der Waals surface area (Å²) in [6.45, 7) is 1.97. The first kappa shape index (κ1) is 11.4. The average Bonchev–Trinajstić information content (AvgIpc) is 2.84. The lowest BCUT2D eigenvalue weighted by atomic mass is 10.1. The largest absolute Gasteiger partial charge is 0.478 e. The quantitative estimate of drug-likeness (QED) is 0.761. The summed E-state index contributed by atoms with van der Waals surface area (Å²) in [7, 11) is 0. The molecule has 0 fully saturated rings. The van der Waals surface area contributed by atoms with Gasteiger partial charge in [0.25, 0.3) is 0 Å². The maximum absolute atomic E-state index is 10.8. The van der Waals surface area contributed by atoms with Gasteiger partial charge in [-0.15, -0.1) is 10.2 Å².